The van der Waals surface area contributed by atoms with Crippen molar-refractivity contribution in [2.75, 3.05) is 6.54 Å². The molecule has 1 aromatic rings. The Morgan fingerprint density at radius 2 is 2.15 bits per heavy atom. The summed E-state index contributed by atoms with van der Waals surface area (Å²) in [6.07, 6.45) is 0.411. The molecule has 0 aliphatic carbocycles. The van der Waals surface area contributed by atoms with E-state index in [0.29, 0.717) is 5.56 Å². The number of rotatable bonds is 6. The number of carbonyl (C=O) groups excluding carboxylic acids is 1. The SMILES string of the molecule is CC(C)=CC(=O)NCC(O)c1cccc(OC(F)F)c1. The van der Waals surface area contributed by atoms with Crippen molar-refractivity contribution in [3.8, 4) is 5.75 Å². The number of alkyl halides is 2. The van der Waals surface area contributed by atoms with Gasteiger partial charge in [-0.2, -0.15) is 8.78 Å². The number of halogens is 2. The molecule has 6 heteroatoms. The molecule has 1 aromatic carbocycles. The first-order valence-corrected chi connectivity index (χ1v) is 6.04. The molecule has 0 aliphatic heterocycles. The molecule has 4 nitrogen and oxygen atoms in total. The molecule has 20 heavy (non-hydrogen) atoms. The maximum Gasteiger partial charge on any atom is 0.387 e. The van der Waals surface area contributed by atoms with E-state index in [4.69, 9.17) is 0 Å². The fraction of sp³-hybridized carbons (Fsp3) is 0.357. The molecule has 0 spiro atoms. The van der Waals surface area contributed by atoms with E-state index < -0.39 is 12.7 Å². The van der Waals surface area contributed by atoms with Gasteiger partial charge in [0.2, 0.25) is 5.91 Å². The van der Waals surface area contributed by atoms with E-state index in [2.05, 4.69) is 10.1 Å². The van der Waals surface area contributed by atoms with Crippen LogP contribution in [0.1, 0.15) is 25.5 Å². The molecule has 1 amide bonds. The van der Waals surface area contributed by atoms with E-state index in [1.54, 1.807) is 19.9 Å². The molecule has 0 saturated heterocycles. The second-order valence-corrected chi connectivity index (χ2v) is 4.43. The lowest BCUT2D eigenvalue weighted by Crippen LogP contribution is -2.26. The smallest absolute Gasteiger partial charge is 0.387 e. The summed E-state index contributed by atoms with van der Waals surface area (Å²) in [6.45, 7) is 0.628. The number of benzene rings is 1. The summed E-state index contributed by atoms with van der Waals surface area (Å²) < 4.78 is 28.4. The molecular weight excluding hydrogens is 268 g/mol. The quantitative estimate of drug-likeness (QED) is 0.789. The van der Waals surface area contributed by atoms with Crippen molar-refractivity contribution in [1.82, 2.24) is 5.32 Å². The van der Waals surface area contributed by atoms with E-state index in [0.717, 1.165) is 5.57 Å². The van der Waals surface area contributed by atoms with Gasteiger partial charge in [0, 0.05) is 12.6 Å². The number of aliphatic hydroxyl groups excluding tert-OH is 1. The van der Waals surface area contributed by atoms with Gasteiger partial charge in [-0.05, 0) is 31.5 Å². The lowest BCUT2D eigenvalue weighted by Gasteiger charge is -2.13. The zero-order valence-electron chi connectivity index (χ0n) is 11.3. The first kappa shape index (κ1) is 16.1. The van der Waals surface area contributed by atoms with Gasteiger partial charge in [-0.25, -0.2) is 0 Å². The number of ether oxygens (including phenoxy) is 1. The summed E-state index contributed by atoms with van der Waals surface area (Å²) in [7, 11) is 0. The number of carbonyl (C=O) groups is 1. The highest BCUT2D eigenvalue weighted by molar-refractivity contribution is 5.88. The van der Waals surface area contributed by atoms with Crippen LogP contribution in [0.4, 0.5) is 8.78 Å². The third-order valence-corrected chi connectivity index (χ3v) is 2.36. The summed E-state index contributed by atoms with van der Waals surface area (Å²) in [5, 5.41) is 12.4. The summed E-state index contributed by atoms with van der Waals surface area (Å²) in [5.41, 5.74) is 1.23. The summed E-state index contributed by atoms with van der Waals surface area (Å²) in [5.74, 6) is -0.351. The van der Waals surface area contributed by atoms with Crippen LogP contribution >= 0.6 is 0 Å². The van der Waals surface area contributed by atoms with Gasteiger partial charge in [-0.3, -0.25) is 4.79 Å². The molecule has 2 N–H and O–H groups in total. The normalized spacial score (nSPS) is 11.9. The minimum absolute atomic E-state index is 0.0131. The van der Waals surface area contributed by atoms with Crippen LogP contribution in [0.3, 0.4) is 0 Å². The van der Waals surface area contributed by atoms with Crippen LogP contribution in [0, 0.1) is 0 Å². The lowest BCUT2D eigenvalue weighted by molar-refractivity contribution is -0.117. The molecule has 1 rings (SSSR count). The molecule has 0 aliphatic rings. The van der Waals surface area contributed by atoms with Crippen molar-refractivity contribution in [2.24, 2.45) is 0 Å². The third-order valence-electron chi connectivity index (χ3n) is 2.36. The number of hydrogen-bond acceptors (Lipinski definition) is 3. The molecule has 0 heterocycles. The van der Waals surface area contributed by atoms with E-state index >= 15 is 0 Å². The minimum Gasteiger partial charge on any atom is -0.435 e. The van der Waals surface area contributed by atoms with Crippen molar-refractivity contribution >= 4 is 5.91 Å². The fourth-order valence-corrected chi connectivity index (χ4v) is 1.53. The maximum absolute atomic E-state index is 12.1. The van der Waals surface area contributed by atoms with Gasteiger partial charge in [0.15, 0.2) is 0 Å². The fourth-order valence-electron chi connectivity index (χ4n) is 1.53. The van der Waals surface area contributed by atoms with Gasteiger partial charge in [0.1, 0.15) is 5.75 Å². The lowest BCUT2D eigenvalue weighted by atomic mass is 10.1. The second kappa shape index (κ2) is 7.59. The number of amides is 1. The van der Waals surface area contributed by atoms with Gasteiger partial charge in [0.05, 0.1) is 6.10 Å². The Labute approximate surface area is 116 Å². The van der Waals surface area contributed by atoms with Crippen LogP contribution in [-0.4, -0.2) is 24.2 Å². The van der Waals surface area contributed by atoms with Crippen LogP contribution in [0.2, 0.25) is 0 Å². The minimum atomic E-state index is -2.92. The van der Waals surface area contributed by atoms with Crippen molar-refractivity contribution in [2.45, 2.75) is 26.6 Å². The van der Waals surface area contributed by atoms with Crippen LogP contribution in [0.25, 0.3) is 0 Å². The van der Waals surface area contributed by atoms with Gasteiger partial charge >= 0.3 is 6.61 Å². The van der Waals surface area contributed by atoms with Gasteiger partial charge in [-0.15, -0.1) is 0 Å². The standard InChI is InChI=1S/C14H17F2NO3/c1-9(2)6-13(19)17-8-12(18)10-4-3-5-11(7-10)20-14(15)16/h3-7,12,14,18H,8H2,1-2H3,(H,17,19). The van der Waals surface area contributed by atoms with E-state index in [9.17, 15) is 18.7 Å². The molecule has 0 aromatic heterocycles. The molecule has 0 radical (unpaired) electrons. The Morgan fingerprint density at radius 3 is 2.75 bits per heavy atom. The predicted molar refractivity (Wildman–Crippen MR) is 70.5 cm³/mol. The summed E-state index contributed by atoms with van der Waals surface area (Å²) >= 11 is 0. The number of nitrogens with one attached hydrogen (secondary N) is 1. The van der Waals surface area contributed by atoms with Crippen molar-refractivity contribution < 1.29 is 23.4 Å². The molecule has 1 unspecified atom stereocenters. The highest BCUT2D eigenvalue weighted by Gasteiger charge is 2.11. The average molecular weight is 285 g/mol. The predicted octanol–water partition coefficient (Wildman–Crippen LogP) is 2.40. The molecule has 0 saturated carbocycles. The Bertz CT molecular complexity index is 485. The Morgan fingerprint density at radius 1 is 1.45 bits per heavy atom. The first-order valence-electron chi connectivity index (χ1n) is 6.04. The maximum atomic E-state index is 12.1. The van der Waals surface area contributed by atoms with Crippen LogP contribution in [-0.2, 0) is 4.79 Å². The topological polar surface area (TPSA) is 58.6 Å². The van der Waals surface area contributed by atoms with Gasteiger partial charge in [-0.1, -0.05) is 17.7 Å². The number of allylic oxidation sites excluding steroid dienone is 1. The largest absolute Gasteiger partial charge is 0.435 e. The average Bonchev–Trinajstić information content (AvgIpc) is 2.34. The van der Waals surface area contributed by atoms with Crippen LogP contribution in [0.5, 0.6) is 5.75 Å². The molecule has 1 atom stereocenters. The van der Waals surface area contributed by atoms with Crippen LogP contribution in [0.15, 0.2) is 35.9 Å². The monoisotopic (exact) mass is 285 g/mol. The highest BCUT2D eigenvalue weighted by atomic mass is 19.3. The Kier molecular flexibility index (Phi) is 6.11. The molecular formula is C14H17F2NO3. The van der Waals surface area contributed by atoms with E-state index in [-0.39, 0.29) is 18.2 Å². The molecule has 0 bridgehead atoms. The van der Waals surface area contributed by atoms with Crippen molar-refractivity contribution in [3.05, 3.63) is 41.5 Å². The van der Waals surface area contributed by atoms with Gasteiger partial charge in [0.25, 0.3) is 0 Å². The molecule has 110 valence electrons. The Balaban J connectivity index is 2.61. The van der Waals surface area contributed by atoms with Crippen LogP contribution < -0.4 is 10.1 Å². The first-order chi connectivity index (χ1) is 9.38. The van der Waals surface area contributed by atoms with Crippen molar-refractivity contribution in [1.29, 1.82) is 0 Å². The zero-order chi connectivity index (χ0) is 15.1. The highest BCUT2D eigenvalue weighted by Crippen LogP contribution is 2.20. The third kappa shape index (κ3) is 5.79. The number of aliphatic hydroxyl groups is 1. The van der Waals surface area contributed by atoms with E-state index in [1.165, 1.54) is 24.3 Å². The van der Waals surface area contributed by atoms with Crippen molar-refractivity contribution in [3.63, 3.8) is 0 Å². The number of hydrogen-bond donors (Lipinski definition) is 2. The summed E-state index contributed by atoms with van der Waals surface area (Å²) in [4.78, 5) is 11.4. The Hall–Kier alpha value is -1.95. The summed E-state index contributed by atoms with van der Waals surface area (Å²) in [6, 6.07) is 5.73. The van der Waals surface area contributed by atoms with E-state index in [1.807, 2.05) is 0 Å². The second-order valence-electron chi connectivity index (χ2n) is 4.43. The van der Waals surface area contributed by atoms with Gasteiger partial charge < -0.3 is 15.2 Å². The molecule has 0 fully saturated rings. The zero-order valence-corrected chi connectivity index (χ0v) is 11.3.